The Balaban J connectivity index is 2.91. The molecule has 0 saturated heterocycles. The van der Waals surface area contributed by atoms with Crippen molar-refractivity contribution in [3.63, 3.8) is 0 Å². The van der Waals surface area contributed by atoms with Crippen molar-refractivity contribution >= 4 is 22.6 Å². The van der Waals surface area contributed by atoms with Gasteiger partial charge in [0.1, 0.15) is 0 Å². The maximum atomic E-state index is 13.2. The highest BCUT2D eigenvalue weighted by atomic mass is 35.5. The second kappa shape index (κ2) is 2.68. The molecule has 0 aliphatic rings. The van der Waals surface area contributed by atoms with E-state index in [2.05, 4.69) is 9.97 Å². The van der Waals surface area contributed by atoms with Crippen LogP contribution < -0.4 is 0 Å². The number of hydrogen-bond acceptors (Lipinski definition) is 2. The first-order valence-corrected chi connectivity index (χ1v) is 3.71. The van der Waals surface area contributed by atoms with Crippen molar-refractivity contribution in [2.75, 3.05) is 0 Å². The summed E-state index contributed by atoms with van der Waals surface area (Å²) in [6.45, 7) is 0. The van der Waals surface area contributed by atoms with Crippen LogP contribution in [0.15, 0.2) is 24.5 Å². The van der Waals surface area contributed by atoms with E-state index < -0.39 is 5.82 Å². The molecule has 2 aromatic heterocycles. The number of rotatable bonds is 0. The van der Waals surface area contributed by atoms with Gasteiger partial charge in [-0.15, -0.1) is 0 Å². The Hall–Kier alpha value is -1.22. The van der Waals surface area contributed by atoms with Crippen LogP contribution in [0.4, 0.5) is 4.39 Å². The van der Waals surface area contributed by atoms with E-state index >= 15 is 0 Å². The van der Waals surface area contributed by atoms with Crippen molar-refractivity contribution in [3.05, 3.63) is 35.4 Å². The lowest BCUT2D eigenvalue weighted by atomic mass is 10.3. The van der Waals surface area contributed by atoms with E-state index in [1.165, 1.54) is 6.20 Å². The molecule has 60 valence electrons. The average molecular weight is 183 g/mol. The summed E-state index contributed by atoms with van der Waals surface area (Å²) in [6, 6.07) is 3.24. The van der Waals surface area contributed by atoms with Crippen molar-refractivity contribution in [1.82, 2.24) is 9.97 Å². The normalized spacial score (nSPS) is 10.5. The maximum Gasteiger partial charge on any atom is 0.162 e. The van der Waals surface area contributed by atoms with E-state index in [1.807, 2.05) is 0 Å². The molecule has 2 nitrogen and oxygen atoms in total. The molecule has 0 spiro atoms. The van der Waals surface area contributed by atoms with E-state index in [1.54, 1.807) is 18.3 Å². The minimum Gasteiger partial charge on any atom is -0.237 e. The molecule has 0 bridgehead atoms. The average Bonchev–Trinajstić information content (AvgIpc) is 2.12. The van der Waals surface area contributed by atoms with Crippen LogP contribution in [0.25, 0.3) is 11.0 Å². The number of halogens is 2. The number of pyridine rings is 2. The third kappa shape index (κ3) is 1.02. The lowest BCUT2D eigenvalue weighted by Gasteiger charge is -1.97. The largest absolute Gasteiger partial charge is 0.237 e. The highest BCUT2D eigenvalue weighted by Crippen LogP contribution is 2.20. The van der Waals surface area contributed by atoms with Gasteiger partial charge in [0.15, 0.2) is 11.5 Å². The summed E-state index contributed by atoms with van der Waals surface area (Å²) in [7, 11) is 0. The molecular formula is C8H4ClFN2. The molecule has 0 aromatic carbocycles. The Labute approximate surface area is 73.0 Å². The summed E-state index contributed by atoms with van der Waals surface area (Å²) in [6.07, 6.45) is 2.81. The van der Waals surface area contributed by atoms with Gasteiger partial charge in [-0.25, -0.2) is 14.4 Å². The fourth-order valence-corrected chi connectivity index (χ4v) is 1.12. The monoisotopic (exact) mass is 182 g/mol. The zero-order valence-electron chi connectivity index (χ0n) is 5.96. The standard InChI is InChI=1S/C8H4ClFN2/c9-6-4-12-8-5(7(6)10)2-1-3-11-8/h1-4H. The van der Waals surface area contributed by atoms with Gasteiger partial charge in [-0.05, 0) is 12.1 Å². The van der Waals surface area contributed by atoms with Gasteiger partial charge >= 0.3 is 0 Å². The first-order chi connectivity index (χ1) is 5.79. The Bertz CT molecular complexity index is 430. The lowest BCUT2D eigenvalue weighted by molar-refractivity contribution is 0.638. The van der Waals surface area contributed by atoms with E-state index in [-0.39, 0.29) is 5.02 Å². The number of aromatic nitrogens is 2. The van der Waals surface area contributed by atoms with Crippen LogP contribution >= 0.6 is 11.6 Å². The third-order valence-corrected chi connectivity index (χ3v) is 1.80. The fourth-order valence-electron chi connectivity index (χ4n) is 0.974. The molecule has 0 radical (unpaired) electrons. The van der Waals surface area contributed by atoms with Crippen LogP contribution in [-0.2, 0) is 0 Å². The Morgan fingerprint density at radius 2 is 2.17 bits per heavy atom. The predicted octanol–water partition coefficient (Wildman–Crippen LogP) is 2.42. The molecule has 0 atom stereocenters. The number of hydrogen-bond donors (Lipinski definition) is 0. The van der Waals surface area contributed by atoms with Gasteiger partial charge in [-0.3, -0.25) is 0 Å². The number of nitrogens with zero attached hydrogens (tertiary/aromatic N) is 2. The van der Waals surface area contributed by atoms with Gasteiger partial charge in [0.25, 0.3) is 0 Å². The molecule has 0 aliphatic carbocycles. The van der Waals surface area contributed by atoms with Crippen molar-refractivity contribution in [2.24, 2.45) is 0 Å². The van der Waals surface area contributed by atoms with Gasteiger partial charge in [-0.1, -0.05) is 11.6 Å². The minimum absolute atomic E-state index is 0.0236. The van der Waals surface area contributed by atoms with Crippen LogP contribution in [0.5, 0.6) is 0 Å². The smallest absolute Gasteiger partial charge is 0.162 e. The van der Waals surface area contributed by atoms with Crippen molar-refractivity contribution in [1.29, 1.82) is 0 Å². The molecule has 0 saturated carbocycles. The molecule has 4 heteroatoms. The topological polar surface area (TPSA) is 25.8 Å². The number of fused-ring (bicyclic) bond motifs is 1. The van der Waals surface area contributed by atoms with Crippen LogP contribution in [-0.4, -0.2) is 9.97 Å². The quantitative estimate of drug-likeness (QED) is 0.625. The minimum atomic E-state index is -0.463. The van der Waals surface area contributed by atoms with Gasteiger partial charge in [0.05, 0.1) is 16.6 Å². The zero-order valence-corrected chi connectivity index (χ0v) is 6.72. The SMILES string of the molecule is Fc1c(Cl)cnc2ncccc12. The molecule has 2 heterocycles. The van der Waals surface area contributed by atoms with E-state index in [9.17, 15) is 4.39 Å². The molecule has 0 fully saturated rings. The van der Waals surface area contributed by atoms with E-state index in [0.29, 0.717) is 11.0 Å². The molecule has 2 aromatic rings. The van der Waals surface area contributed by atoms with Crippen molar-refractivity contribution < 1.29 is 4.39 Å². The van der Waals surface area contributed by atoms with Crippen LogP contribution in [0.2, 0.25) is 5.02 Å². The Kier molecular flexibility index (Phi) is 1.66. The van der Waals surface area contributed by atoms with E-state index in [0.717, 1.165) is 0 Å². The van der Waals surface area contributed by atoms with Gasteiger partial charge < -0.3 is 0 Å². The van der Waals surface area contributed by atoms with Crippen LogP contribution in [0.1, 0.15) is 0 Å². The fraction of sp³-hybridized carbons (Fsp3) is 0. The Morgan fingerprint density at radius 3 is 3.00 bits per heavy atom. The summed E-state index contributed by atoms with van der Waals surface area (Å²) in [5.41, 5.74) is 0.374. The summed E-state index contributed by atoms with van der Waals surface area (Å²) >= 11 is 5.52. The zero-order chi connectivity index (χ0) is 8.55. The summed E-state index contributed by atoms with van der Waals surface area (Å²) < 4.78 is 13.2. The van der Waals surface area contributed by atoms with Gasteiger partial charge in [0.2, 0.25) is 0 Å². The Morgan fingerprint density at radius 1 is 1.33 bits per heavy atom. The summed E-state index contributed by atoms with van der Waals surface area (Å²) in [5.74, 6) is -0.463. The van der Waals surface area contributed by atoms with Crippen LogP contribution in [0, 0.1) is 5.82 Å². The van der Waals surface area contributed by atoms with E-state index in [4.69, 9.17) is 11.6 Å². The van der Waals surface area contributed by atoms with Crippen molar-refractivity contribution in [2.45, 2.75) is 0 Å². The highest BCUT2D eigenvalue weighted by Gasteiger charge is 2.05. The van der Waals surface area contributed by atoms with Gasteiger partial charge in [0, 0.05) is 6.20 Å². The van der Waals surface area contributed by atoms with Crippen molar-refractivity contribution in [3.8, 4) is 0 Å². The summed E-state index contributed by atoms with van der Waals surface area (Å²) in [4.78, 5) is 7.73. The second-order valence-electron chi connectivity index (χ2n) is 2.29. The van der Waals surface area contributed by atoms with Gasteiger partial charge in [-0.2, -0.15) is 0 Å². The summed E-state index contributed by atoms with van der Waals surface area (Å²) in [5, 5.41) is 0.375. The molecule has 0 aliphatic heterocycles. The molecule has 2 rings (SSSR count). The van der Waals surface area contributed by atoms with Crippen LogP contribution in [0.3, 0.4) is 0 Å². The lowest BCUT2D eigenvalue weighted by Crippen LogP contribution is -1.87. The first kappa shape index (κ1) is 7.43. The molecule has 0 N–H and O–H groups in total. The first-order valence-electron chi connectivity index (χ1n) is 3.34. The highest BCUT2D eigenvalue weighted by molar-refractivity contribution is 6.31. The molecule has 0 amide bonds. The molecular weight excluding hydrogens is 179 g/mol. The predicted molar refractivity (Wildman–Crippen MR) is 44.5 cm³/mol. The molecule has 0 unspecified atom stereocenters. The third-order valence-electron chi connectivity index (χ3n) is 1.53. The maximum absolute atomic E-state index is 13.2. The second-order valence-corrected chi connectivity index (χ2v) is 2.70. The molecule has 12 heavy (non-hydrogen) atoms.